The minimum absolute atomic E-state index is 0.207. The highest BCUT2D eigenvalue weighted by molar-refractivity contribution is 5.89. The molecule has 0 amide bonds. The maximum Gasteiger partial charge on any atom is 0.543 e. The fourth-order valence-electron chi connectivity index (χ4n) is 3.23. The Labute approximate surface area is 166 Å². The maximum absolute atomic E-state index is 11.9. The predicted octanol–water partition coefficient (Wildman–Crippen LogP) is 5.24. The fourth-order valence-corrected chi connectivity index (χ4v) is 3.23. The van der Waals surface area contributed by atoms with E-state index in [1.54, 1.807) is 12.1 Å². The van der Waals surface area contributed by atoms with Gasteiger partial charge in [0.05, 0.1) is 17.2 Å². The molecule has 0 atom stereocenters. The fraction of sp³-hybridized carbons (Fsp3) is 0.619. The molecule has 1 aromatic rings. The highest BCUT2D eigenvalue weighted by atomic mass is 17.5. The summed E-state index contributed by atoms with van der Waals surface area (Å²) in [5.74, 6) is 0.472. The van der Waals surface area contributed by atoms with Crippen molar-refractivity contribution in [2.45, 2.75) is 65.9 Å². The number of ether oxygens (including phenoxy) is 2. The highest BCUT2D eigenvalue weighted by Gasteiger charge is 2.31. The van der Waals surface area contributed by atoms with Crippen molar-refractivity contribution in [2.24, 2.45) is 11.3 Å². The van der Waals surface area contributed by atoms with Gasteiger partial charge in [0.15, 0.2) is 0 Å². The van der Waals surface area contributed by atoms with E-state index in [0.717, 1.165) is 32.1 Å². The van der Waals surface area contributed by atoms with Crippen LogP contribution in [-0.2, 0) is 19.6 Å². The standard InChI is InChI=1S/C21H30O7/c1-5-14-24-17-10-6-15(7-11-17)19(22)26-28-27-20(23)25-18-12-8-16(9-13-18)21(2,3)4/h6-7,10-11,16,18H,5,8-9,12-14H2,1-4H3. The third-order valence-electron chi connectivity index (χ3n) is 4.94. The second-order valence-electron chi connectivity index (χ2n) is 8.10. The molecule has 156 valence electrons. The summed E-state index contributed by atoms with van der Waals surface area (Å²) in [5, 5.41) is 4.27. The van der Waals surface area contributed by atoms with Gasteiger partial charge in [-0.15, -0.1) is 0 Å². The second kappa shape index (κ2) is 10.3. The van der Waals surface area contributed by atoms with Crippen LogP contribution in [0.15, 0.2) is 24.3 Å². The molecule has 0 unspecified atom stereocenters. The van der Waals surface area contributed by atoms with E-state index in [0.29, 0.717) is 18.3 Å². The van der Waals surface area contributed by atoms with Gasteiger partial charge in [-0.1, -0.05) is 27.7 Å². The molecule has 0 aromatic heterocycles. The summed E-state index contributed by atoms with van der Waals surface area (Å²) in [7, 11) is 0. The van der Waals surface area contributed by atoms with Crippen LogP contribution in [0.2, 0.25) is 0 Å². The van der Waals surface area contributed by atoms with Crippen LogP contribution < -0.4 is 4.74 Å². The number of rotatable bonds is 7. The third kappa shape index (κ3) is 7.03. The Bertz CT molecular complexity index is 625. The molecular weight excluding hydrogens is 364 g/mol. The average Bonchev–Trinajstić information content (AvgIpc) is 2.66. The van der Waals surface area contributed by atoms with Crippen LogP contribution in [0.25, 0.3) is 0 Å². The zero-order chi connectivity index (χ0) is 20.6. The smallest absolute Gasteiger partial charge is 0.494 e. The predicted molar refractivity (Wildman–Crippen MR) is 101 cm³/mol. The molecular formula is C21H30O7. The van der Waals surface area contributed by atoms with Crippen LogP contribution in [-0.4, -0.2) is 24.8 Å². The van der Waals surface area contributed by atoms with Crippen LogP contribution >= 0.6 is 0 Å². The summed E-state index contributed by atoms with van der Waals surface area (Å²) < 4.78 is 10.6. The molecule has 1 saturated carbocycles. The second-order valence-corrected chi connectivity index (χ2v) is 8.10. The van der Waals surface area contributed by atoms with Crippen LogP contribution in [0.3, 0.4) is 0 Å². The molecule has 0 spiro atoms. The van der Waals surface area contributed by atoms with Crippen LogP contribution in [0.5, 0.6) is 5.75 Å². The van der Waals surface area contributed by atoms with Crippen molar-refractivity contribution in [3.05, 3.63) is 29.8 Å². The SMILES string of the molecule is CCCOc1ccc(C(=O)OOOC(=O)OC2CCC(C(C)(C)C)CC2)cc1. The first kappa shape index (κ1) is 22.0. The molecule has 0 radical (unpaired) electrons. The van der Waals surface area contributed by atoms with Crippen molar-refractivity contribution in [2.75, 3.05) is 6.61 Å². The number of carbonyl (C=O) groups is 2. The van der Waals surface area contributed by atoms with Crippen molar-refractivity contribution in [3.8, 4) is 5.75 Å². The van der Waals surface area contributed by atoms with Gasteiger partial charge >= 0.3 is 12.1 Å². The first-order chi connectivity index (χ1) is 13.3. The van der Waals surface area contributed by atoms with Gasteiger partial charge in [0.2, 0.25) is 0 Å². The van der Waals surface area contributed by atoms with Gasteiger partial charge in [-0.3, -0.25) is 4.89 Å². The largest absolute Gasteiger partial charge is 0.543 e. The molecule has 1 aromatic carbocycles. The number of benzene rings is 1. The normalized spacial score (nSPS) is 19.6. The monoisotopic (exact) mass is 394 g/mol. The van der Waals surface area contributed by atoms with E-state index in [9.17, 15) is 9.59 Å². The number of hydrogen-bond acceptors (Lipinski definition) is 7. The van der Waals surface area contributed by atoms with Gasteiger partial charge in [0.1, 0.15) is 11.9 Å². The molecule has 2 rings (SSSR count). The Morgan fingerprint density at radius 2 is 1.64 bits per heavy atom. The number of hydrogen-bond donors (Lipinski definition) is 0. The van der Waals surface area contributed by atoms with Gasteiger partial charge in [-0.05, 0) is 67.7 Å². The summed E-state index contributed by atoms with van der Waals surface area (Å²) in [6, 6.07) is 6.36. The van der Waals surface area contributed by atoms with Crippen molar-refractivity contribution < 1.29 is 33.9 Å². The van der Waals surface area contributed by atoms with E-state index in [2.05, 4.69) is 35.6 Å². The van der Waals surface area contributed by atoms with Gasteiger partial charge in [0.25, 0.3) is 0 Å². The Balaban J connectivity index is 1.66. The van der Waals surface area contributed by atoms with E-state index in [1.165, 1.54) is 12.1 Å². The zero-order valence-electron chi connectivity index (χ0n) is 17.1. The maximum atomic E-state index is 11.9. The Morgan fingerprint density at radius 1 is 1.00 bits per heavy atom. The van der Waals surface area contributed by atoms with E-state index >= 15 is 0 Å². The van der Waals surface area contributed by atoms with E-state index in [-0.39, 0.29) is 17.1 Å². The molecule has 1 fully saturated rings. The van der Waals surface area contributed by atoms with Gasteiger partial charge in [-0.25, -0.2) is 14.5 Å². The first-order valence-electron chi connectivity index (χ1n) is 9.78. The quantitative estimate of drug-likeness (QED) is 0.355. The van der Waals surface area contributed by atoms with E-state index in [1.807, 2.05) is 6.92 Å². The minimum Gasteiger partial charge on any atom is -0.494 e. The molecule has 0 heterocycles. The van der Waals surface area contributed by atoms with Gasteiger partial charge < -0.3 is 9.47 Å². The van der Waals surface area contributed by atoms with Gasteiger partial charge in [-0.2, -0.15) is 0 Å². The van der Waals surface area contributed by atoms with Crippen LogP contribution in [0.4, 0.5) is 4.79 Å². The Morgan fingerprint density at radius 3 is 2.21 bits per heavy atom. The molecule has 0 saturated heterocycles. The molecule has 28 heavy (non-hydrogen) atoms. The number of carbonyl (C=O) groups excluding carboxylic acids is 2. The van der Waals surface area contributed by atoms with Crippen molar-refractivity contribution in [1.29, 1.82) is 0 Å². The average molecular weight is 394 g/mol. The Kier molecular flexibility index (Phi) is 8.11. The summed E-state index contributed by atoms with van der Waals surface area (Å²) >= 11 is 0. The molecule has 0 bridgehead atoms. The lowest BCUT2D eigenvalue weighted by atomic mass is 9.72. The van der Waals surface area contributed by atoms with Crippen LogP contribution in [0.1, 0.15) is 70.2 Å². The summed E-state index contributed by atoms with van der Waals surface area (Å²) in [5.41, 5.74) is 0.490. The van der Waals surface area contributed by atoms with E-state index in [4.69, 9.17) is 9.47 Å². The topological polar surface area (TPSA) is 80.3 Å². The molecule has 0 N–H and O–H groups in total. The summed E-state index contributed by atoms with van der Waals surface area (Å²) in [6.45, 7) is 9.27. The first-order valence-corrected chi connectivity index (χ1v) is 9.78. The van der Waals surface area contributed by atoms with Crippen molar-refractivity contribution in [3.63, 3.8) is 0 Å². The lowest BCUT2D eigenvalue weighted by Crippen LogP contribution is -2.30. The third-order valence-corrected chi connectivity index (χ3v) is 4.94. The molecule has 7 heteroatoms. The van der Waals surface area contributed by atoms with E-state index < -0.39 is 12.1 Å². The van der Waals surface area contributed by atoms with Crippen molar-refractivity contribution >= 4 is 12.1 Å². The molecule has 1 aliphatic carbocycles. The van der Waals surface area contributed by atoms with Gasteiger partial charge in [0, 0.05) is 0 Å². The lowest BCUT2D eigenvalue weighted by Gasteiger charge is -2.36. The Hall–Kier alpha value is -2.28. The zero-order valence-corrected chi connectivity index (χ0v) is 17.1. The van der Waals surface area contributed by atoms with Crippen LogP contribution in [0, 0.1) is 11.3 Å². The minimum atomic E-state index is -1.02. The summed E-state index contributed by atoms with van der Waals surface area (Å²) in [6.07, 6.45) is 3.22. The van der Waals surface area contributed by atoms with Crippen molar-refractivity contribution in [1.82, 2.24) is 0 Å². The highest BCUT2D eigenvalue weighted by Crippen LogP contribution is 2.38. The molecule has 0 aliphatic heterocycles. The molecule has 1 aliphatic rings. The molecule has 7 nitrogen and oxygen atoms in total. The lowest BCUT2D eigenvalue weighted by molar-refractivity contribution is -0.453. The summed E-state index contributed by atoms with van der Waals surface area (Å²) in [4.78, 5) is 32.4.